The maximum Gasteiger partial charge on any atom is 0.265 e. The molecule has 2 aromatic rings. The summed E-state index contributed by atoms with van der Waals surface area (Å²) < 4.78 is 32.3. The van der Waals surface area contributed by atoms with Crippen LogP contribution in [0.4, 0.5) is 10.8 Å². The van der Waals surface area contributed by atoms with Gasteiger partial charge < -0.3 is 10.5 Å². The lowest BCUT2D eigenvalue weighted by Crippen LogP contribution is -2.14. The Bertz CT molecular complexity index is 762. The average Bonchev–Trinajstić information content (AvgIpc) is 2.98. The van der Waals surface area contributed by atoms with Crippen LogP contribution < -0.4 is 15.2 Å². The first-order chi connectivity index (χ1) is 9.99. The number of nitrogen functional groups attached to an aromatic ring is 1. The fourth-order valence-corrected chi connectivity index (χ4v) is 4.70. The Balaban J connectivity index is 1.89. The second kappa shape index (κ2) is 5.19. The van der Waals surface area contributed by atoms with Crippen molar-refractivity contribution in [3.63, 3.8) is 0 Å². The number of rotatable bonds is 4. The molecule has 0 radical (unpaired) electrons. The molecule has 1 aliphatic rings. The molecule has 0 saturated carbocycles. The third-order valence-electron chi connectivity index (χ3n) is 3.32. The minimum Gasteiger partial charge on any atom is -0.497 e. The molecule has 0 bridgehead atoms. The number of aromatic nitrogens is 1. The van der Waals surface area contributed by atoms with Gasteiger partial charge in [-0.15, -0.1) is 11.3 Å². The van der Waals surface area contributed by atoms with Crippen LogP contribution in [0.1, 0.15) is 17.0 Å². The van der Waals surface area contributed by atoms with E-state index >= 15 is 0 Å². The van der Waals surface area contributed by atoms with E-state index in [9.17, 15) is 8.42 Å². The van der Waals surface area contributed by atoms with E-state index in [1.54, 1.807) is 6.07 Å². The molecule has 0 atom stereocenters. The number of nitrogens with one attached hydrogen (secondary N) is 1. The fourth-order valence-electron chi connectivity index (χ4n) is 2.30. The Hall–Kier alpha value is -1.80. The number of sulfonamides is 1. The molecule has 0 amide bonds. The van der Waals surface area contributed by atoms with Crippen molar-refractivity contribution in [3.05, 3.63) is 28.8 Å². The summed E-state index contributed by atoms with van der Waals surface area (Å²) in [4.78, 5) is 5.52. The summed E-state index contributed by atoms with van der Waals surface area (Å²) in [7, 11) is -2.24. The third kappa shape index (κ3) is 2.68. The van der Waals surface area contributed by atoms with E-state index in [2.05, 4.69) is 9.71 Å². The number of hydrogen-bond acceptors (Lipinski definition) is 6. The van der Waals surface area contributed by atoms with Crippen LogP contribution in [0.2, 0.25) is 0 Å². The first kappa shape index (κ1) is 14.2. The smallest absolute Gasteiger partial charge is 0.265 e. The summed E-state index contributed by atoms with van der Waals surface area (Å²) in [6.45, 7) is 0. The summed E-state index contributed by atoms with van der Waals surface area (Å²) in [6, 6.07) is 4.47. The van der Waals surface area contributed by atoms with Gasteiger partial charge in [0.2, 0.25) is 0 Å². The minimum atomic E-state index is -3.74. The molecule has 1 aromatic heterocycles. The number of ether oxygens (including phenoxy) is 1. The molecular weight excluding hydrogens is 310 g/mol. The Morgan fingerprint density at radius 1 is 1.38 bits per heavy atom. The molecule has 21 heavy (non-hydrogen) atoms. The highest BCUT2D eigenvalue weighted by atomic mass is 32.2. The van der Waals surface area contributed by atoms with Crippen molar-refractivity contribution in [2.24, 2.45) is 0 Å². The number of methoxy groups -OCH3 is 1. The molecule has 3 N–H and O–H groups in total. The van der Waals surface area contributed by atoms with Crippen molar-refractivity contribution >= 4 is 32.2 Å². The molecule has 1 aromatic carbocycles. The van der Waals surface area contributed by atoms with E-state index in [-0.39, 0.29) is 10.6 Å². The summed E-state index contributed by atoms with van der Waals surface area (Å²) in [6.07, 6.45) is 2.98. The van der Waals surface area contributed by atoms with Crippen molar-refractivity contribution < 1.29 is 13.2 Å². The van der Waals surface area contributed by atoms with Crippen LogP contribution in [-0.2, 0) is 22.9 Å². The number of fused-ring (bicyclic) bond motifs is 1. The highest BCUT2D eigenvalue weighted by Crippen LogP contribution is 2.32. The number of aryl methyl sites for hydroxylation is 2. The Morgan fingerprint density at radius 3 is 2.86 bits per heavy atom. The lowest BCUT2D eigenvalue weighted by atomic mass is 10.3. The Kier molecular flexibility index (Phi) is 3.50. The van der Waals surface area contributed by atoms with Gasteiger partial charge >= 0.3 is 0 Å². The zero-order valence-corrected chi connectivity index (χ0v) is 13.1. The van der Waals surface area contributed by atoms with Crippen molar-refractivity contribution in [1.82, 2.24) is 4.98 Å². The van der Waals surface area contributed by atoms with Crippen molar-refractivity contribution in [2.45, 2.75) is 24.2 Å². The normalized spacial score (nSPS) is 14.0. The van der Waals surface area contributed by atoms with Gasteiger partial charge in [-0.3, -0.25) is 4.72 Å². The quantitative estimate of drug-likeness (QED) is 0.839. The van der Waals surface area contributed by atoms with Gasteiger partial charge in [-0.1, -0.05) is 0 Å². The summed E-state index contributed by atoms with van der Waals surface area (Å²) in [5.74, 6) is 0.514. The Labute approximate surface area is 127 Å². The number of nitrogens with two attached hydrogens (primary N) is 1. The van der Waals surface area contributed by atoms with E-state index < -0.39 is 10.0 Å². The first-order valence-corrected chi connectivity index (χ1v) is 8.74. The van der Waals surface area contributed by atoms with Crippen molar-refractivity contribution in [2.75, 3.05) is 17.6 Å². The molecule has 0 fully saturated rings. The zero-order valence-electron chi connectivity index (χ0n) is 11.4. The second-order valence-corrected chi connectivity index (χ2v) is 7.49. The second-order valence-electron chi connectivity index (χ2n) is 4.75. The van der Waals surface area contributed by atoms with Crippen LogP contribution in [0.3, 0.4) is 0 Å². The van der Waals surface area contributed by atoms with E-state index in [0.29, 0.717) is 10.9 Å². The average molecular weight is 325 g/mol. The maximum absolute atomic E-state index is 12.4. The predicted octanol–water partition coefficient (Wildman–Crippen LogP) is 2.02. The van der Waals surface area contributed by atoms with Crippen LogP contribution in [0, 0.1) is 0 Å². The lowest BCUT2D eigenvalue weighted by molar-refractivity contribution is 0.414. The van der Waals surface area contributed by atoms with Gasteiger partial charge in [-0.2, -0.15) is 0 Å². The summed E-state index contributed by atoms with van der Waals surface area (Å²) in [5.41, 5.74) is 6.94. The lowest BCUT2D eigenvalue weighted by Gasteiger charge is -2.09. The number of thiazole rings is 1. The number of anilines is 2. The zero-order chi connectivity index (χ0) is 15.0. The van der Waals surface area contributed by atoms with Gasteiger partial charge in [0.05, 0.1) is 18.5 Å². The molecule has 3 rings (SSSR count). The fraction of sp³-hybridized carbons (Fsp3) is 0.308. The summed E-state index contributed by atoms with van der Waals surface area (Å²) in [5, 5.41) is 0.398. The van der Waals surface area contributed by atoms with Crippen molar-refractivity contribution in [1.29, 1.82) is 0 Å². The van der Waals surface area contributed by atoms with E-state index in [0.717, 1.165) is 29.8 Å². The standard InChI is InChI=1S/C13H15N3O3S2/c1-19-8-5-6-12(9(14)7-8)21(17,18)16-13-15-10-3-2-4-11(10)20-13/h5-7H,2-4,14H2,1H3,(H,15,16). The Morgan fingerprint density at radius 2 is 2.19 bits per heavy atom. The maximum atomic E-state index is 12.4. The van der Waals surface area contributed by atoms with Gasteiger partial charge in [-0.25, -0.2) is 13.4 Å². The van der Waals surface area contributed by atoms with Gasteiger partial charge in [0.1, 0.15) is 10.6 Å². The van der Waals surface area contributed by atoms with E-state index in [4.69, 9.17) is 10.5 Å². The highest BCUT2D eigenvalue weighted by molar-refractivity contribution is 7.93. The highest BCUT2D eigenvalue weighted by Gasteiger charge is 2.22. The molecular formula is C13H15N3O3S2. The van der Waals surface area contributed by atoms with Crippen LogP contribution in [0.15, 0.2) is 23.1 Å². The molecule has 1 heterocycles. The number of benzene rings is 1. The van der Waals surface area contributed by atoms with E-state index in [1.165, 1.54) is 30.6 Å². The molecule has 6 nitrogen and oxygen atoms in total. The molecule has 0 aliphatic heterocycles. The van der Waals surface area contributed by atoms with Gasteiger partial charge in [0.25, 0.3) is 10.0 Å². The number of nitrogens with zero attached hydrogens (tertiary/aromatic N) is 1. The molecule has 1 aliphatic carbocycles. The molecule has 0 saturated heterocycles. The predicted molar refractivity (Wildman–Crippen MR) is 82.4 cm³/mol. The van der Waals surface area contributed by atoms with Crippen molar-refractivity contribution in [3.8, 4) is 5.75 Å². The SMILES string of the molecule is COc1ccc(S(=O)(=O)Nc2nc3c(s2)CCC3)c(N)c1. The summed E-state index contributed by atoms with van der Waals surface area (Å²) >= 11 is 1.39. The van der Waals surface area contributed by atoms with Crippen LogP contribution in [0.5, 0.6) is 5.75 Å². The van der Waals surface area contributed by atoms with Gasteiger partial charge in [0.15, 0.2) is 5.13 Å². The largest absolute Gasteiger partial charge is 0.497 e. The van der Waals surface area contributed by atoms with Crippen LogP contribution in [0.25, 0.3) is 0 Å². The first-order valence-electron chi connectivity index (χ1n) is 6.44. The molecule has 0 spiro atoms. The van der Waals surface area contributed by atoms with Crippen LogP contribution in [-0.4, -0.2) is 20.5 Å². The van der Waals surface area contributed by atoms with Crippen LogP contribution >= 0.6 is 11.3 Å². The minimum absolute atomic E-state index is 0.0265. The topological polar surface area (TPSA) is 94.3 Å². The monoisotopic (exact) mass is 325 g/mol. The molecule has 0 unspecified atom stereocenters. The number of hydrogen-bond donors (Lipinski definition) is 2. The molecule has 112 valence electrons. The molecule has 8 heteroatoms. The van der Waals surface area contributed by atoms with Gasteiger partial charge in [-0.05, 0) is 31.4 Å². The van der Waals surface area contributed by atoms with E-state index in [1.807, 2.05) is 0 Å². The van der Waals surface area contributed by atoms with Gasteiger partial charge in [0, 0.05) is 10.9 Å². The third-order valence-corrected chi connectivity index (χ3v) is 5.94.